The average Bonchev–Trinajstić information content (AvgIpc) is 2.73. The van der Waals surface area contributed by atoms with Crippen LogP contribution in [0.1, 0.15) is 52.9 Å². The molecule has 164 valence electrons. The van der Waals surface area contributed by atoms with Crippen LogP contribution in [0.15, 0.2) is 18.2 Å². The number of hydrogen-bond acceptors (Lipinski definition) is 7. The standard InChI is InChI=1S/C23H31NO6/c1-6-9-18(25)29-20-16-12-11-15(24-13-8-3)14-17(16)21(30-19(26)10-7-2)23(28-5)22(20)27-4/h11-12,14,24H,6-10,13H2,1-5H3. The van der Waals surface area contributed by atoms with Crippen LogP contribution in [0.5, 0.6) is 23.0 Å². The predicted octanol–water partition coefficient (Wildman–Crippen LogP) is 5.09. The quantitative estimate of drug-likeness (QED) is 0.403. The summed E-state index contributed by atoms with van der Waals surface area (Å²) in [6.07, 6.45) is 2.83. The highest BCUT2D eigenvalue weighted by molar-refractivity contribution is 6.02. The van der Waals surface area contributed by atoms with Crippen LogP contribution >= 0.6 is 0 Å². The molecule has 0 heterocycles. The van der Waals surface area contributed by atoms with E-state index < -0.39 is 0 Å². The monoisotopic (exact) mass is 417 g/mol. The number of ether oxygens (including phenoxy) is 4. The Morgan fingerprint density at radius 1 is 0.767 bits per heavy atom. The molecule has 0 aliphatic carbocycles. The van der Waals surface area contributed by atoms with Crippen LogP contribution in [0.3, 0.4) is 0 Å². The molecule has 0 aliphatic heterocycles. The lowest BCUT2D eigenvalue weighted by Crippen LogP contribution is -2.12. The van der Waals surface area contributed by atoms with E-state index in [2.05, 4.69) is 12.2 Å². The fourth-order valence-electron chi connectivity index (χ4n) is 3.07. The van der Waals surface area contributed by atoms with E-state index in [1.54, 1.807) is 0 Å². The van der Waals surface area contributed by atoms with E-state index in [1.165, 1.54) is 14.2 Å². The molecule has 7 heteroatoms. The molecule has 30 heavy (non-hydrogen) atoms. The molecule has 2 aromatic rings. The highest BCUT2D eigenvalue weighted by atomic mass is 16.6. The molecule has 2 aromatic carbocycles. The van der Waals surface area contributed by atoms with Crippen molar-refractivity contribution in [2.75, 3.05) is 26.1 Å². The lowest BCUT2D eigenvalue weighted by atomic mass is 10.1. The summed E-state index contributed by atoms with van der Waals surface area (Å²) in [4.78, 5) is 24.6. The van der Waals surface area contributed by atoms with Crippen molar-refractivity contribution in [1.82, 2.24) is 0 Å². The number of benzene rings is 2. The maximum Gasteiger partial charge on any atom is 0.311 e. The molecule has 0 aliphatic rings. The fourth-order valence-corrected chi connectivity index (χ4v) is 3.07. The number of methoxy groups -OCH3 is 2. The van der Waals surface area contributed by atoms with Gasteiger partial charge in [-0.25, -0.2) is 0 Å². The van der Waals surface area contributed by atoms with Gasteiger partial charge in [-0.3, -0.25) is 9.59 Å². The van der Waals surface area contributed by atoms with Gasteiger partial charge in [0, 0.05) is 35.8 Å². The van der Waals surface area contributed by atoms with Crippen molar-refractivity contribution >= 4 is 28.4 Å². The Balaban J connectivity index is 2.75. The number of carbonyl (C=O) groups is 2. The minimum absolute atomic E-state index is 0.210. The van der Waals surface area contributed by atoms with E-state index in [4.69, 9.17) is 18.9 Å². The number of esters is 2. The van der Waals surface area contributed by atoms with Gasteiger partial charge in [-0.05, 0) is 37.5 Å². The van der Waals surface area contributed by atoms with Gasteiger partial charge >= 0.3 is 11.9 Å². The third-order valence-corrected chi connectivity index (χ3v) is 4.45. The number of hydrogen-bond donors (Lipinski definition) is 1. The first-order chi connectivity index (χ1) is 14.5. The Kier molecular flexibility index (Phi) is 8.77. The summed E-state index contributed by atoms with van der Waals surface area (Å²) < 4.78 is 22.4. The number of carbonyl (C=O) groups excluding carboxylic acids is 2. The van der Waals surface area contributed by atoms with Crippen molar-refractivity contribution in [3.05, 3.63) is 18.2 Å². The molecule has 2 rings (SSSR count). The Bertz CT molecular complexity index is 893. The lowest BCUT2D eigenvalue weighted by Gasteiger charge is -2.20. The smallest absolute Gasteiger partial charge is 0.311 e. The van der Waals surface area contributed by atoms with E-state index in [0.717, 1.165) is 18.7 Å². The first kappa shape index (κ1) is 23.3. The topological polar surface area (TPSA) is 83.1 Å². The van der Waals surface area contributed by atoms with Crippen LogP contribution in [-0.4, -0.2) is 32.7 Å². The summed E-state index contributed by atoms with van der Waals surface area (Å²) in [5, 5.41) is 4.51. The molecule has 0 spiro atoms. The molecule has 0 amide bonds. The lowest BCUT2D eigenvalue weighted by molar-refractivity contribution is -0.135. The molecule has 0 fully saturated rings. The maximum atomic E-state index is 12.3. The molecule has 0 saturated heterocycles. The SMILES string of the molecule is CCCNc1ccc2c(OC(=O)CCC)c(OC)c(OC)c(OC(=O)CCC)c2c1. The Morgan fingerprint density at radius 2 is 1.30 bits per heavy atom. The van der Waals surface area contributed by atoms with Crippen molar-refractivity contribution in [1.29, 1.82) is 0 Å². The predicted molar refractivity (Wildman–Crippen MR) is 117 cm³/mol. The fraction of sp³-hybridized carbons (Fsp3) is 0.478. The van der Waals surface area contributed by atoms with Crippen LogP contribution in [-0.2, 0) is 9.59 Å². The molecule has 0 bridgehead atoms. The van der Waals surface area contributed by atoms with Crippen LogP contribution < -0.4 is 24.3 Å². The van der Waals surface area contributed by atoms with Crippen molar-refractivity contribution in [2.45, 2.75) is 52.9 Å². The van der Waals surface area contributed by atoms with E-state index in [0.29, 0.717) is 23.6 Å². The molecule has 0 aromatic heterocycles. The van der Waals surface area contributed by atoms with E-state index in [-0.39, 0.29) is 47.8 Å². The second kappa shape index (κ2) is 11.3. The van der Waals surface area contributed by atoms with Crippen molar-refractivity contribution in [3.63, 3.8) is 0 Å². The van der Waals surface area contributed by atoms with Gasteiger partial charge in [-0.2, -0.15) is 0 Å². The summed E-state index contributed by atoms with van der Waals surface area (Å²) in [6.45, 7) is 6.67. The zero-order chi connectivity index (χ0) is 22.1. The molecule has 1 N–H and O–H groups in total. The third kappa shape index (κ3) is 5.34. The van der Waals surface area contributed by atoms with E-state index in [9.17, 15) is 9.59 Å². The van der Waals surface area contributed by atoms with Gasteiger partial charge in [0.2, 0.25) is 11.5 Å². The third-order valence-electron chi connectivity index (χ3n) is 4.45. The highest BCUT2D eigenvalue weighted by Crippen LogP contribution is 2.51. The largest absolute Gasteiger partial charge is 0.490 e. The Labute approximate surface area is 177 Å². The minimum atomic E-state index is -0.373. The summed E-state index contributed by atoms with van der Waals surface area (Å²) in [7, 11) is 2.91. The number of anilines is 1. The van der Waals surface area contributed by atoms with Crippen LogP contribution in [0.25, 0.3) is 10.8 Å². The molecule has 0 radical (unpaired) electrons. The Hall–Kier alpha value is -2.96. The van der Waals surface area contributed by atoms with Gasteiger partial charge in [-0.15, -0.1) is 0 Å². The number of nitrogens with one attached hydrogen (secondary N) is 1. The summed E-state index contributed by atoms with van der Waals surface area (Å²) in [6, 6.07) is 5.57. The highest BCUT2D eigenvalue weighted by Gasteiger charge is 2.27. The van der Waals surface area contributed by atoms with Gasteiger partial charge in [0.05, 0.1) is 14.2 Å². The molecule has 0 unspecified atom stereocenters. The molecule has 0 atom stereocenters. The van der Waals surface area contributed by atoms with Gasteiger partial charge in [0.1, 0.15) is 0 Å². The van der Waals surface area contributed by atoms with Crippen LogP contribution in [0.4, 0.5) is 5.69 Å². The minimum Gasteiger partial charge on any atom is -0.490 e. The normalized spacial score (nSPS) is 10.6. The Morgan fingerprint density at radius 3 is 1.77 bits per heavy atom. The van der Waals surface area contributed by atoms with Crippen molar-refractivity contribution in [3.8, 4) is 23.0 Å². The van der Waals surface area contributed by atoms with Gasteiger partial charge < -0.3 is 24.3 Å². The second-order valence-electron chi connectivity index (χ2n) is 6.86. The van der Waals surface area contributed by atoms with E-state index >= 15 is 0 Å². The van der Waals surface area contributed by atoms with Crippen molar-refractivity contribution in [2.24, 2.45) is 0 Å². The van der Waals surface area contributed by atoms with Crippen LogP contribution in [0.2, 0.25) is 0 Å². The number of rotatable bonds is 11. The molecule has 7 nitrogen and oxygen atoms in total. The second-order valence-corrected chi connectivity index (χ2v) is 6.86. The molecular formula is C23H31NO6. The van der Waals surface area contributed by atoms with Gasteiger partial charge in [0.15, 0.2) is 11.5 Å². The van der Waals surface area contributed by atoms with Gasteiger partial charge in [0.25, 0.3) is 0 Å². The number of fused-ring (bicyclic) bond motifs is 1. The summed E-state index contributed by atoms with van der Waals surface area (Å²) in [5.74, 6) is 0.174. The average molecular weight is 418 g/mol. The van der Waals surface area contributed by atoms with Gasteiger partial charge in [-0.1, -0.05) is 20.8 Å². The van der Waals surface area contributed by atoms with Crippen molar-refractivity contribution < 1.29 is 28.5 Å². The zero-order valence-electron chi connectivity index (χ0n) is 18.4. The summed E-state index contributed by atoms with van der Waals surface area (Å²) >= 11 is 0. The molecular weight excluding hydrogens is 386 g/mol. The zero-order valence-corrected chi connectivity index (χ0v) is 18.4. The molecule has 0 saturated carbocycles. The first-order valence-electron chi connectivity index (χ1n) is 10.4. The van der Waals surface area contributed by atoms with E-state index in [1.807, 2.05) is 32.0 Å². The summed E-state index contributed by atoms with van der Waals surface area (Å²) in [5.41, 5.74) is 0.857. The maximum absolute atomic E-state index is 12.3. The first-order valence-corrected chi connectivity index (χ1v) is 10.4. The van der Waals surface area contributed by atoms with Crippen LogP contribution in [0, 0.1) is 0 Å².